The van der Waals surface area contributed by atoms with Gasteiger partial charge in [-0.05, 0) is 13.3 Å². The third kappa shape index (κ3) is 3.07. The van der Waals surface area contributed by atoms with Crippen LogP contribution in [0.1, 0.15) is 20.3 Å². The van der Waals surface area contributed by atoms with Gasteiger partial charge in [0.15, 0.2) is 11.7 Å². The predicted octanol–water partition coefficient (Wildman–Crippen LogP) is 0.935. The molecule has 0 fully saturated rings. The lowest BCUT2D eigenvalue weighted by atomic mass is 9.86. The summed E-state index contributed by atoms with van der Waals surface area (Å²) >= 11 is 0. The van der Waals surface area contributed by atoms with Crippen molar-refractivity contribution < 1.29 is 23.9 Å². The second-order valence-electron chi connectivity index (χ2n) is 4.46. The first kappa shape index (κ1) is 15.9. The summed E-state index contributed by atoms with van der Waals surface area (Å²) in [6.45, 7) is 3.53. The van der Waals surface area contributed by atoms with Gasteiger partial charge in [0, 0.05) is 5.92 Å². The van der Waals surface area contributed by atoms with E-state index in [1.165, 1.54) is 14.2 Å². The van der Waals surface area contributed by atoms with Crippen molar-refractivity contribution in [3.8, 4) is 0 Å². The van der Waals surface area contributed by atoms with E-state index in [1.54, 1.807) is 6.92 Å². The molecule has 2 atom stereocenters. The van der Waals surface area contributed by atoms with Crippen LogP contribution in [0.3, 0.4) is 0 Å². The van der Waals surface area contributed by atoms with E-state index in [4.69, 9.17) is 9.47 Å². The lowest BCUT2D eigenvalue weighted by Crippen LogP contribution is -2.47. The highest BCUT2D eigenvalue weighted by Gasteiger charge is 2.43. The Morgan fingerprint density at radius 1 is 1.35 bits per heavy atom. The van der Waals surface area contributed by atoms with E-state index in [0.29, 0.717) is 6.42 Å². The van der Waals surface area contributed by atoms with E-state index in [2.05, 4.69) is 5.32 Å². The van der Waals surface area contributed by atoms with Crippen LogP contribution in [0.2, 0.25) is 0 Å². The van der Waals surface area contributed by atoms with Crippen LogP contribution in [-0.2, 0) is 23.9 Å². The van der Waals surface area contributed by atoms with Crippen molar-refractivity contribution in [2.75, 3.05) is 14.2 Å². The summed E-state index contributed by atoms with van der Waals surface area (Å²) in [4.78, 5) is 36.4. The Labute approximate surface area is 117 Å². The first-order valence-corrected chi connectivity index (χ1v) is 6.30. The molecule has 2 unspecified atom stereocenters. The minimum absolute atomic E-state index is 0.0624. The molecule has 0 saturated heterocycles. The number of amides is 1. The van der Waals surface area contributed by atoms with Gasteiger partial charge in [0.25, 0.3) is 0 Å². The number of allylic oxidation sites excluding steroid dienone is 3. The Balaban J connectivity index is 3.02. The van der Waals surface area contributed by atoms with Crippen LogP contribution in [-0.4, -0.2) is 31.7 Å². The number of ketones is 2. The van der Waals surface area contributed by atoms with Crippen LogP contribution < -0.4 is 5.32 Å². The average molecular weight is 281 g/mol. The van der Waals surface area contributed by atoms with Gasteiger partial charge in [-0.2, -0.15) is 0 Å². The summed E-state index contributed by atoms with van der Waals surface area (Å²) in [5.74, 6) is -3.75. The molecule has 0 aromatic heterocycles. The molecular weight excluding hydrogens is 262 g/mol. The molecule has 20 heavy (non-hydrogen) atoms. The number of rotatable bonds is 6. The lowest BCUT2D eigenvalue weighted by Gasteiger charge is -2.24. The van der Waals surface area contributed by atoms with E-state index in [0.717, 1.165) is 0 Å². The second kappa shape index (κ2) is 6.88. The van der Waals surface area contributed by atoms with Crippen molar-refractivity contribution in [2.24, 2.45) is 11.8 Å². The van der Waals surface area contributed by atoms with Crippen molar-refractivity contribution in [2.45, 2.75) is 20.3 Å². The van der Waals surface area contributed by atoms with E-state index in [9.17, 15) is 14.4 Å². The maximum Gasteiger partial charge on any atom is 0.245 e. The Hall–Kier alpha value is -2.11. The van der Waals surface area contributed by atoms with Crippen molar-refractivity contribution in [1.29, 1.82) is 0 Å². The molecule has 1 aliphatic rings. The predicted molar refractivity (Wildman–Crippen MR) is 71.3 cm³/mol. The molecule has 0 aromatic carbocycles. The molecule has 0 spiro atoms. The molecule has 1 aliphatic heterocycles. The monoisotopic (exact) mass is 281 g/mol. The van der Waals surface area contributed by atoms with Gasteiger partial charge in [0.1, 0.15) is 0 Å². The second-order valence-corrected chi connectivity index (χ2v) is 4.46. The van der Waals surface area contributed by atoms with Crippen molar-refractivity contribution in [3.63, 3.8) is 0 Å². The molecule has 110 valence electrons. The number of carbonyl (C=O) groups is 3. The number of hydrogen-bond donors (Lipinski definition) is 1. The number of ether oxygens (including phenoxy) is 2. The standard InChI is InChI=1S/C14H19NO5/c1-5-6-7-8(2)10(16)9-11(17)12(19-3)14(20-4)15-13(9)18/h5-6,8-9H,7H2,1-4H3,(H,15,18). The number of Topliss-reactive ketones (excluding diaryl/α,β-unsaturated/α-hetero) is 2. The highest BCUT2D eigenvalue weighted by atomic mass is 16.5. The summed E-state index contributed by atoms with van der Waals surface area (Å²) in [5, 5.41) is 2.37. The van der Waals surface area contributed by atoms with Crippen LogP contribution in [0.4, 0.5) is 0 Å². The van der Waals surface area contributed by atoms with Crippen LogP contribution >= 0.6 is 0 Å². The van der Waals surface area contributed by atoms with E-state index in [-0.39, 0.29) is 11.6 Å². The van der Waals surface area contributed by atoms with Gasteiger partial charge in [-0.3, -0.25) is 19.7 Å². The van der Waals surface area contributed by atoms with Crippen LogP contribution in [0.25, 0.3) is 0 Å². The summed E-state index contributed by atoms with van der Waals surface area (Å²) in [6, 6.07) is 0. The third-order valence-corrected chi connectivity index (χ3v) is 3.09. The fourth-order valence-corrected chi connectivity index (χ4v) is 1.94. The number of hydrogen-bond acceptors (Lipinski definition) is 5. The van der Waals surface area contributed by atoms with Gasteiger partial charge in [-0.1, -0.05) is 19.1 Å². The molecule has 0 aromatic rings. The zero-order valence-electron chi connectivity index (χ0n) is 12.1. The van der Waals surface area contributed by atoms with Gasteiger partial charge in [-0.25, -0.2) is 0 Å². The number of nitrogens with one attached hydrogen (secondary N) is 1. The maximum absolute atomic E-state index is 12.2. The van der Waals surface area contributed by atoms with E-state index in [1.807, 2.05) is 19.1 Å². The first-order valence-electron chi connectivity index (χ1n) is 6.30. The largest absolute Gasteiger partial charge is 0.489 e. The minimum atomic E-state index is -1.37. The van der Waals surface area contributed by atoms with Crippen LogP contribution in [0, 0.1) is 11.8 Å². The zero-order valence-corrected chi connectivity index (χ0v) is 12.1. The molecule has 6 nitrogen and oxygen atoms in total. The molecular formula is C14H19NO5. The van der Waals surface area contributed by atoms with Crippen LogP contribution in [0.5, 0.6) is 0 Å². The Morgan fingerprint density at radius 3 is 2.50 bits per heavy atom. The highest BCUT2D eigenvalue weighted by molar-refractivity contribution is 6.25. The van der Waals surface area contributed by atoms with Gasteiger partial charge < -0.3 is 9.47 Å². The first-order chi connectivity index (χ1) is 9.47. The molecule has 1 heterocycles. The van der Waals surface area contributed by atoms with Crippen molar-refractivity contribution in [3.05, 3.63) is 23.8 Å². The quantitative estimate of drug-likeness (QED) is 0.578. The maximum atomic E-state index is 12.2. The summed E-state index contributed by atoms with van der Waals surface area (Å²) in [6.07, 6.45) is 4.12. The van der Waals surface area contributed by atoms with Crippen molar-refractivity contribution in [1.82, 2.24) is 5.32 Å². The molecule has 0 saturated carbocycles. The molecule has 0 radical (unpaired) electrons. The number of carbonyl (C=O) groups excluding carboxylic acids is 3. The summed E-state index contributed by atoms with van der Waals surface area (Å²) in [5.41, 5.74) is 0. The highest BCUT2D eigenvalue weighted by Crippen LogP contribution is 2.22. The number of methoxy groups -OCH3 is 2. The van der Waals surface area contributed by atoms with Gasteiger partial charge in [0.2, 0.25) is 23.3 Å². The fraction of sp³-hybridized carbons (Fsp3) is 0.500. The molecule has 1 amide bonds. The summed E-state index contributed by atoms with van der Waals surface area (Å²) in [7, 11) is 2.59. The smallest absolute Gasteiger partial charge is 0.245 e. The molecule has 1 N–H and O–H groups in total. The van der Waals surface area contributed by atoms with Gasteiger partial charge in [-0.15, -0.1) is 0 Å². The van der Waals surface area contributed by atoms with Crippen molar-refractivity contribution >= 4 is 17.5 Å². The Morgan fingerprint density at radius 2 is 2.00 bits per heavy atom. The van der Waals surface area contributed by atoms with Gasteiger partial charge >= 0.3 is 0 Å². The Kier molecular flexibility index (Phi) is 5.49. The van der Waals surface area contributed by atoms with E-state index < -0.39 is 29.3 Å². The third-order valence-electron chi connectivity index (χ3n) is 3.09. The van der Waals surface area contributed by atoms with Crippen LogP contribution in [0.15, 0.2) is 23.8 Å². The molecule has 6 heteroatoms. The Bertz CT molecular complexity index is 478. The minimum Gasteiger partial charge on any atom is -0.489 e. The molecule has 1 rings (SSSR count). The fourth-order valence-electron chi connectivity index (χ4n) is 1.94. The topological polar surface area (TPSA) is 81.7 Å². The lowest BCUT2D eigenvalue weighted by molar-refractivity contribution is -0.144. The molecule has 0 bridgehead atoms. The SMILES string of the molecule is CC=CCC(C)C(=O)C1C(=O)NC(OC)=C(OC)C1=O. The normalized spacial score (nSPS) is 20.9. The average Bonchev–Trinajstić information content (AvgIpc) is 2.43. The molecule has 0 aliphatic carbocycles. The summed E-state index contributed by atoms with van der Waals surface area (Å²) < 4.78 is 9.79. The van der Waals surface area contributed by atoms with E-state index >= 15 is 0 Å². The zero-order chi connectivity index (χ0) is 15.3. The van der Waals surface area contributed by atoms with Gasteiger partial charge in [0.05, 0.1) is 14.2 Å².